The molecular weight excluding hydrogens is 218 g/mol. The second-order valence-electron chi connectivity index (χ2n) is 4.31. The van der Waals surface area contributed by atoms with E-state index in [2.05, 4.69) is 6.07 Å². The first-order chi connectivity index (χ1) is 8.22. The zero-order valence-electron chi connectivity index (χ0n) is 9.63. The predicted molar refractivity (Wildman–Crippen MR) is 63.3 cm³/mol. The van der Waals surface area contributed by atoms with Gasteiger partial charge in [-0.05, 0) is 30.4 Å². The third kappa shape index (κ3) is 2.65. The maximum Gasteiger partial charge on any atom is 0.325 e. The second kappa shape index (κ2) is 5.29. The molecule has 1 unspecified atom stereocenters. The van der Waals surface area contributed by atoms with E-state index < -0.39 is 12.0 Å². The number of carbonyl (C=O) groups is 1. The third-order valence-corrected chi connectivity index (χ3v) is 3.07. The highest BCUT2D eigenvalue weighted by Gasteiger charge is 2.25. The summed E-state index contributed by atoms with van der Waals surface area (Å²) >= 11 is 0. The number of esters is 1. The molecule has 1 aliphatic carbocycles. The highest BCUT2D eigenvalue weighted by molar-refractivity contribution is 5.75. The fourth-order valence-corrected chi connectivity index (χ4v) is 2.13. The Labute approximate surface area is 100 Å². The summed E-state index contributed by atoms with van der Waals surface area (Å²) in [5.74, 6) is -0.533. The molecule has 0 saturated carbocycles. The Hall–Kier alpha value is -1.39. The molecule has 3 N–H and O–H groups in total. The summed E-state index contributed by atoms with van der Waals surface area (Å²) in [6, 6.07) is 7.03. The molecule has 0 saturated heterocycles. The van der Waals surface area contributed by atoms with E-state index in [0.29, 0.717) is 0 Å². The lowest BCUT2D eigenvalue weighted by Gasteiger charge is -2.26. The van der Waals surface area contributed by atoms with E-state index >= 15 is 0 Å². The normalized spacial score (nSPS) is 20.5. The van der Waals surface area contributed by atoms with Gasteiger partial charge < -0.3 is 15.6 Å². The fourth-order valence-electron chi connectivity index (χ4n) is 2.13. The lowest BCUT2D eigenvalue weighted by molar-refractivity contribution is -0.152. The number of aliphatic hydroxyl groups is 1. The standard InChI is InChI=1S/C13H17NO3/c14-11(8-15)13(16)17-12-7-3-5-9-4-1-2-6-10(9)12/h1-2,4,6,11-12,15H,3,5,7-8,14H2/t11-,12?/m0/s1. The molecule has 2 rings (SSSR count). The van der Waals surface area contributed by atoms with E-state index in [9.17, 15) is 4.79 Å². The second-order valence-corrected chi connectivity index (χ2v) is 4.31. The molecule has 4 nitrogen and oxygen atoms in total. The molecule has 0 aromatic heterocycles. The Kier molecular flexibility index (Phi) is 3.76. The Morgan fingerprint density at radius 3 is 3.06 bits per heavy atom. The number of aliphatic hydroxyl groups excluding tert-OH is 1. The number of rotatable bonds is 3. The number of hydrogen-bond acceptors (Lipinski definition) is 4. The number of aryl methyl sites for hydroxylation is 1. The van der Waals surface area contributed by atoms with E-state index in [1.165, 1.54) is 5.56 Å². The number of fused-ring (bicyclic) bond motifs is 1. The number of carbonyl (C=O) groups excluding carboxylic acids is 1. The molecule has 0 amide bonds. The highest BCUT2D eigenvalue weighted by Crippen LogP contribution is 2.32. The smallest absolute Gasteiger partial charge is 0.325 e. The third-order valence-electron chi connectivity index (χ3n) is 3.07. The van der Waals surface area contributed by atoms with Gasteiger partial charge in [0.05, 0.1) is 6.61 Å². The van der Waals surface area contributed by atoms with Gasteiger partial charge in [-0.15, -0.1) is 0 Å². The highest BCUT2D eigenvalue weighted by atomic mass is 16.5. The number of hydrogen-bond donors (Lipinski definition) is 2. The summed E-state index contributed by atoms with van der Waals surface area (Å²) in [6.45, 7) is -0.382. The van der Waals surface area contributed by atoms with Crippen molar-refractivity contribution in [3.05, 3.63) is 35.4 Å². The van der Waals surface area contributed by atoms with Crippen LogP contribution in [-0.2, 0) is 16.0 Å². The van der Waals surface area contributed by atoms with Gasteiger partial charge in [0, 0.05) is 0 Å². The van der Waals surface area contributed by atoms with Crippen molar-refractivity contribution in [2.45, 2.75) is 31.4 Å². The van der Waals surface area contributed by atoms with Crippen molar-refractivity contribution in [1.29, 1.82) is 0 Å². The predicted octanol–water partition coefficient (Wildman–Crippen LogP) is 0.927. The molecule has 1 aliphatic rings. The SMILES string of the molecule is N[C@@H](CO)C(=O)OC1CCCc2ccccc21. The number of nitrogens with two attached hydrogens (primary N) is 1. The largest absolute Gasteiger partial charge is 0.456 e. The van der Waals surface area contributed by atoms with Gasteiger partial charge in [0.25, 0.3) is 0 Å². The quantitative estimate of drug-likeness (QED) is 0.764. The Morgan fingerprint density at radius 2 is 2.29 bits per heavy atom. The molecule has 17 heavy (non-hydrogen) atoms. The molecular formula is C13H17NO3. The molecule has 0 fully saturated rings. The summed E-state index contributed by atoms with van der Waals surface area (Å²) in [4.78, 5) is 11.5. The van der Waals surface area contributed by atoms with Gasteiger partial charge in [-0.1, -0.05) is 24.3 Å². The van der Waals surface area contributed by atoms with Crippen LogP contribution in [0.3, 0.4) is 0 Å². The first-order valence-corrected chi connectivity index (χ1v) is 5.87. The van der Waals surface area contributed by atoms with Gasteiger partial charge >= 0.3 is 5.97 Å². The Balaban J connectivity index is 2.11. The van der Waals surface area contributed by atoms with Crippen LogP contribution in [0, 0.1) is 0 Å². The molecule has 0 aliphatic heterocycles. The van der Waals surface area contributed by atoms with Crippen LogP contribution in [0.5, 0.6) is 0 Å². The van der Waals surface area contributed by atoms with Crippen molar-refractivity contribution in [3.63, 3.8) is 0 Å². The molecule has 4 heteroatoms. The molecule has 0 radical (unpaired) electrons. The van der Waals surface area contributed by atoms with Crippen LogP contribution in [0.25, 0.3) is 0 Å². The van der Waals surface area contributed by atoms with Crippen LogP contribution in [0.2, 0.25) is 0 Å². The van der Waals surface area contributed by atoms with Gasteiger partial charge in [-0.2, -0.15) is 0 Å². The van der Waals surface area contributed by atoms with Crippen molar-refractivity contribution in [2.75, 3.05) is 6.61 Å². The molecule has 92 valence electrons. The topological polar surface area (TPSA) is 72.5 Å². The van der Waals surface area contributed by atoms with Crippen LogP contribution in [0.1, 0.15) is 30.1 Å². The fraction of sp³-hybridized carbons (Fsp3) is 0.462. The van der Waals surface area contributed by atoms with Gasteiger partial charge in [-0.25, -0.2) is 0 Å². The first kappa shape index (κ1) is 12.1. The van der Waals surface area contributed by atoms with Gasteiger partial charge in [0.1, 0.15) is 12.1 Å². The van der Waals surface area contributed by atoms with Gasteiger partial charge in [0.2, 0.25) is 0 Å². The molecule has 0 heterocycles. The van der Waals surface area contributed by atoms with Crippen molar-refractivity contribution >= 4 is 5.97 Å². The lowest BCUT2D eigenvalue weighted by atomic mass is 9.89. The van der Waals surface area contributed by atoms with Crippen molar-refractivity contribution in [2.24, 2.45) is 5.73 Å². The minimum atomic E-state index is -0.941. The first-order valence-electron chi connectivity index (χ1n) is 5.87. The summed E-state index contributed by atoms with van der Waals surface area (Å²) in [7, 11) is 0. The average molecular weight is 235 g/mol. The molecule has 1 aromatic rings. The zero-order chi connectivity index (χ0) is 12.3. The molecule has 0 bridgehead atoms. The summed E-state index contributed by atoms with van der Waals surface area (Å²) in [6.07, 6.45) is 2.63. The van der Waals surface area contributed by atoms with Crippen LogP contribution in [0.4, 0.5) is 0 Å². The minimum absolute atomic E-state index is 0.218. The number of ether oxygens (including phenoxy) is 1. The Bertz CT molecular complexity index is 405. The van der Waals surface area contributed by atoms with Crippen LogP contribution >= 0.6 is 0 Å². The molecule has 0 spiro atoms. The van der Waals surface area contributed by atoms with Gasteiger partial charge in [0.15, 0.2) is 0 Å². The summed E-state index contributed by atoms with van der Waals surface area (Å²) in [5.41, 5.74) is 7.73. The van der Waals surface area contributed by atoms with Crippen molar-refractivity contribution in [3.8, 4) is 0 Å². The zero-order valence-corrected chi connectivity index (χ0v) is 9.63. The summed E-state index contributed by atoms with van der Waals surface area (Å²) in [5, 5.41) is 8.80. The van der Waals surface area contributed by atoms with E-state index in [4.69, 9.17) is 15.6 Å². The van der Waals surface area contributed by atoms with Crippen LogP contribution in [0.15, 0.2) is 24.3 Å². The maximum atomic E-state index is 11.5. The van der Waals surface area contributed by atoms with E-state index in [1.54, 1.807) is 0 Å². The van der Waals surface area contributed by atoms with Gasteiger partial charge in [-0.3, -0.25) is 4.79 Å². The van der Waals surface area contributed by atoms with Crippen molar-refractivity contribution < 1.29 is 14.6 Å². The monoisotopic (exact) mass is 235 g/mol. The number of benzene rings is 1. The van der Waals surface area contributed by atoms with Crippen LogP contribution < -0.4 is 5.73 Å². The maximum absolute atomic E-state index is 11.5. The molecule has 1 aromatic carbocycles. The Morgan fingerprint density at radius 1 is 1.53 bits per heavy atom. The van der Waals surface area contributed by atoms with Crippen molar-refractivity contribution in [1.82, 2.24) is 0 Å². The van der Waals surface area contributed by atoms with Crippen LogP contribution in [-0.4, -0.2) is 23.7 Å². The molecule has 2 atom stereocenters. The minimum Gasteiger partial charge on any atom is -0.456 e. The van der Waals surface area contributed by atoms with E-state index in [1.807, 2.05) is 18.2 Å². The lowest BCUT2D eigenvalue weighted by Crippen LogP contribution is -2.36. The van der Waals surface area contributed by atoms with E-state index in [0.717, 1.165) is 24.8 Å². The van der Waals surface area contributed by atoms with E-state index in [-0.39, 0.29) is 12.7 Å². The average Bonchev–Trinajstić information content (AvgIpc) is 2.38. The summed E-state index contributed by atoms with van der Waals surface area (Å²) < 4.78 is 5.35.